The van der Waals surface area contributed by atoms with Crippen molar-refractivity contribution in [3.8, 4) is 17.1 Å². The average Bonchev–Trinajstić information content (AvgIpc) is 3.39. The zero-order valence-corrected chi connectivity index (χ0v) is 18.3. The van der Waals surface area contributed by atoms with Crippen molar-refractivity contribution in [2.24, 2.45) is 0 Å². The molecule has 4 rings (SSSR count). The summed E-state index contributed by atoms with van der Waals surface area (Å²) in [6, 6.07) is 14.0. The Balaban J connectivity index is 1.50. The molecular formula is C23H26N4O2S. The Morgan fingerprint density at radius 2 is 2.00 bits per heavy atom. The molecule has 1 aliphatic rings. The van der Waals surface area contributed by atoms with Crippen molar-refractivity contribution in [2.75, 3.05) is 12.4 Å². The van der Waals surface area contributed by atoms with E-state index in [0.717, 1.165) is 40.8 Å². The number of carbonyl (C=O) groups excluding carboxylic acids is 1. The van der Waals surface area contributed by atoms with Gasteiger partial charge >= 0.3 is 0 Å². The number of methoxy groups -OCH3 is 1. The van der Waals surface area contributed by atoms with E-state index in [2.05, 4.69) is 27.6 Å². The van der Waals surface area contributed by atoms with Crippen molar-refractivity contribution in [3.05, 3.63) is 53.6 Å². The van der Waals surface area contributed by atoms with Gasteiger partial charge in [-0.05, 0) is 68.5 Å². The SMILES string of the molecule is CCn1c(SC(C)C(=O)Nc2ccc3c(c2)CCC3)nnc1-c1ccccc1OC. The van der Waals surface area contributed by atoms with Crippen LogP contribution in [0.3, 0.4) is 0 Å². The molecule has 156 valence electrons. The maximum atomic E-state index is 12.8. The van der Waals surface area contributed by atoms with E-state index in [-0.39, 0.29) is 11.2 Å². The summed E-state index contributed by atoms with van der Waals surface area (Å²) in [5, 5.41) is 12.2. The van der Waals surface area contributed by atoms with Gasteiger partial charge in [-0.3, -0.25) is 4.79 Å². The van der Waals surface area contributed by atoms with E-state index in [1.54, 1.807) is 7.11 Å². The van der Waals surface area contributed by atoms with Crippen LogP contribution in [0.5, 0.6) is 5.75 Å². The van der Waals surface area contributed by atoms with Gasteiger partial charge in [0.25, 0.3) is 0 Å². The predicted molar refractivity (Wildman–Crippen MR) is 120 cm³/mol. The van der Waals surface area contributed by atoms with Crippen molar-refractivity contribution < 1.29 is 9.53 Å². The molecule has 2 aromatic carbocycles. The first-order valence-corrected chi connectivity index (χ1v) is 11.1. The molecule has 1 amide bonds. The second-order valence-electron chi connectivity index (χ2n) is 7.34. The molecule has 1 unspecified atom stereocenters. The molecular weight excluding hydrogens is 396 g/mol. The number of carbonyl (C=O) groups is 1. The fourth-order valence-corrected chi connectivity index (χ4v) is 4.71. The second kappa shape index (κ2) is 8.92. The highest BCUT2D eigenvalue weighted by Gasteiger charge is 2.22. The van der Waals surface area contributed by atoms with Crippen LogP contribution in [0, 0.1) is 0 Å². The summed E-state index contributed by atoms with van der Waals surface area (Å²) in [6.45, 7) is 4.63. The van der Waals surface area contributed by atoms with Crippen molar-refractivity contribution >= 4 is 23.4 Å². The van der Waals surface area contributed by atoms with E-state index < -0.39 is 0 Å². The van der Waals surface area contributed by atoms with Crippen molar-refractivity contribution in [1.82, 2.24) is 14.8 Å². The number of benzene rings is 2. The summed E-state index contributed by atoms with van der Waals surface area (Å²) in [4.78, 5) is 12.8. The van der Waals surface area contributed by atoms with Gasteiger partial charge in [0.2, 0.25) is 5.91 Å². The summed E-state index contributed by atoms with van der Waals surface area (Å²) >= 11 is 1.41. The third-order valence-corrected chi connectivity index (χ3v) is 6.48. The number of ether oxygens (including phenoxy) is 1. The Morgan fingerprint density at radius 3 is 2.80 bits per heavy atom. The van der Waals surface area contributed by atoms with Crippen LogP contribution in [0.15, 0.2) is 47.6 Å². The maximum absolute atomic E-state index is 12.8. The van der Waals surface area contributed by atoms with Gasteiger partial charge in [0.15, 0.2) is 11.0 Å². The molecule has 7 heteroatoms. The molecule has 1 heterocycles. The summed E-state index contributed by atoms with van der Waals surface area (Å²) in [5.41, 5.74) is 4.49. The zero-order valence-electron chi connectivity index (χ0n) is 17.5. The Labute approximate surface area is 181 Å². The summed E-state index contributed by atoms with van der Waals surface area (Å²) in [5.74, 6) is 1.45. The first kappa shape index (κ1) is 20.5. The number of hydrogen-bond donors (Lipinski definition) is 1. The molecule has 0 spiro atoms. The standard InChI is InChI=1S/C23H26N4O2S/c1-4-27-21(19-10-5-6-11-20(19)29-3)25-26-23(27)30-15(2)22(28)24-18-13-12-16-8-7-9-17(16)14-18/h5-6,10-15H,4,7-9H2,1-3H3,(H,24,28). The van der Waals surface area contributed by atoms with Crippen LogP contribution >= 0.6 is 11.8 Å². The molecule has 0 saturated carbocycles. The minimum atomic E-state index is -0.307. The first-order valence-electron chi connectivity index (χ1n) is 10.3. The highest BCUT2D eigenvalue weighted by molar-refractivity contribution is 8.00. The number of nitrogens with one attached hydrogen (secondary N) is 1. The van der Waals surface area contributed by atoms with Gasteiger partial charge in [-0.25, -0.2) is 0 Å². The molecule has 1 aliphatic carbocycles. The molecule has 0 radical (unpaired) electrons. The van der Waals surface area contributed by atoms with Gasteiger partial charge in [0.05, 0.1) is 17.9 Å². The van der Waals surface area contributed by atoms with E-state index in [4.69, 9.17) is 4.74 Å². The highest BCUT2D eigenvalue weighted by atomic mass is 32.2. The van der Waals surface area contributed by atoms with Crippen LogP contribution in [-0.4, -0.2) is 33.0 Å². The van der Waals surface area contributed by atoms with Crippen molar-refractivity contribution in [3.63, 3.8) is 0 Å². The van der Waals surface area contributed by atoms with Crippen LogP contribution in [0.25, 0.3) is 11.4 Å². The van der Waals surface area contributed by atoms with E-state index in [1.165, 1.54) is 29.3 Å². The number of amides is 1. The molecule has 1 N–H and O–H groups in total. The van der Waals surface area contributed by atoms with Gasteiger partial charge in [0, 0.05) is 12.2 Å². The van der Waals surface area contributed by atoms with Crippen molar-refractivity contribution in [2.45, 2.75) is 50.1 Å². The van der Waals surface area contributed by atoms with Crippen LogP contribution in [0.4, 0.5) is 5.69 Å². The van der Waals surface area contributed by atoms with Crippen LogP contribution in [0.2, 0.25) is 0 Å². The quantitative estimate of drug-likeness (QED) is 0.565. The molecule has 6 nitrogen and oxygen atoms in total. The number of thioether (sulfide) groups is 1. The number of anilines is 1. The average molecular weight is 423 g/mol. The summed E-state index contributed by atoms with van der Waals surface area (Å²) in [6.07, 6.45) is 3.42. The Bertz CT molecular complexity index is 1060. The molecule has 0 bridgehead atoms. The molecule has 0 aliphatic heterocycles. The van der Waals surface area contributed by atoms with E-state index >= 15 is 0 Å². The predicted octanol–water partition coefficient (Wildman–Crippen LogP) is 4.58. The lowest BCUT2D eigenvalue weighted by molar-refractivity contribution is -0.115. The van der Waals surface area contributed by atoms with Crippen LogP contribution < -0.4 is 10.1 Å². The highest BCUT2D eigenvalue weighted by Crippen LogP contribution is 2.32. The minimum absolute atomic E-state index is 0.0394. The van der Waals surface area contributed by atoms with Gasteiger partial charge in [-0.2, -0.15) is 0 Å². The summed E-state index contributed by atoms with van der Waals surface area (Å²) < 4.78 is 7.49. The summed E-state index contributed by atoms with van der Waals surface area (Å²) in [7, 11) is 1.65. The zero-order chi connectivity index (χ0) is 21.1. The van der Waals surface area contributed by atoms with E-state index in [0.29, 0.717) is 6.54 Å². The van der Waals surface area contributed by atoms with Crippen LogP contribution in [0.1, 0.15) is 31.4 Å². The number of nitrogens with zero attached hydrogens (tertiary/aromatic N) is 3. The lowest BCUT2D eigenvalue weighted by atomic mass is 10.1. The second-order valence-corrected chi connectivity index (χ2v) is 8.65. The van der Waals surface area contributed by atoms with Gasteiger partial charge in [-0.1, -0.05) is 30.0 Å². The Morgan fingerprint density at radius 1 is 1.20 bits per heavy atom. The smallest absolute Gasteiger partial charge is 0.237 e. The van der Waals surface area contributed by atoms with Crippen molar-refractivity contribution in [1.29, 1.82) is 0 Å². The molecule has 1 atom stereocenters. The Kier molecular flexibility index (Phi) is 6.08. The number of rotatable bonds is 7. The number of para-hydroxylation sites is 1. The molecule has 1 aromatic heterocycles. The fourth-order valence-electron chi connectivity index (χ4n) is 3.79. The third-order valence-electron chi connectivity index (χ3n) is 5.40. The monoisotopic (exact) mass is 422 g/mol. The fraction of sp³-hybridized carbons (Fsp3) is 0.348. The van der Waals surface area contributed by atoms with E-state index in [9.17, 15) is 4.79 Å². The third kappa shape index (κ3) is 4.07. The molecule has 0 fully saturated rings. The largest absolute Gasteiger partial charge is 0.496 e. The maximum Gasteiger partial charge on any atom is 0.237 e. The number of aromatic nitrogens is 3. The lowest BCUT2D eigenvalue weighted by Gasteiger charge is -2.14. The van der Waals surface area contributed by atoms with Gasteiger partial charge in [0.1, 0.15) is 5.75 Å². The molecule has 0 saturated heterocycles. The molecule has 30 heavy (non-hydrogen) atoms. The minimum Gasteiger partial charge on any atom is -0.496 e. The van der Waals surface area contributed by atoms with E-state index in [1.807, 2.05) is 48.7 Å². The molecule has 3 aromatic rings. The van der Waals surface area contributed by atoms with Crippen LogP contribution in [-0.2, 0) is 24.2 Å². The Hall–Kier alpha value is -2.80. The number of aryl methyl sites for hydroxylation is 2. The van der Waals surface area contributed by atoms with Gasteiger partial charge < -0.3 is 14.6 Å². The first-order chi connectivity index (χ1) is 14.6. The normalized spacial score (nSPS) is 13.7. The topological polar surface area (TPSA) is 69.0 Å². The van der Waals surface area contributed by atoms with Gasteiger partial charge in [-0.15, -0.1) is 10.2 Å². The lowest BCUT2D eigenvalue weighted by Crippen LogP contribution is -2.23. The number of hydrogen-bond acceptors (Lipinski definition) is 5. The number of fused-ring (bicyclic) bond motifs is 1.